The predicted molar refractivity (Wildman–Crippen MR) is 89.5 cm³/mol. The molecule has 6 heteroatoms. The zero-order valence-corrected chi connectivity index (χ0v) is 14.5. The molecule has 0 heterocycles. The molecule has 0 saturated carbocycles. The van der Waals surface area contributed by atoms with Gasteiger partial charge in [-0.1, -0.05) is 12.1 Å². The van der Waals surface area contributed by atoms with Gasteiger partial charge in [0.05, 0.1) is 19.1 Å². The highest BCUT2D eigenvalue weighted by atomic mass is 32.2. The average Bonchev–Trinajstić information content (AvgIpc) is 2.52. The fraction of sp³-hybridized carbons (Fsp3) is 0.294. The minimum atomic E-state index is -3.60. The van der Waals surface area contributed by atoms with Crippen molar-refractivity contribution in [3.63, 3.8) is 0 Å². The lowest BCUT2D eigenvalue weighted by atomic mass is 10.1. The summed E-state index contributed by atoms with van der Waals surface area (Å²) in [6, 6.07) is 10.7. The summed E-state index contributed by atoms with van der Waals surface area (Å²) in [5.41, 5.74) is 2.17. The molecule has 0 radical (unpaired) electrons. The SMILES string of the molecule is COc1ccc(CNS(=O)(=O)c2c(C)cc(OC)cc2C)cc1. The highest BCUT2D eigenvalue weighted by Crippen LogP contribution is 2.25. The summed E-state index contributed by atoms with van der Waals surface area (Å²) >= 11 is 0. The van der Waals surface area contributed by atoms with Gasteiger partial charge in [0, 0.05) is 6.54 Å². The van der Waals surface area contributed by atoms with E-state index in [1.807, 2.05) is 12.1 Å². The van der Waals surface area contributed by atoms with Crippen molar-refractivity contribution in [3.05, 3.63) is 53.1 Å². The molecule has 0 amide bonds. The Morgan fingerprint density at radius 2 is 1.43 bits per heavy atom. The maximum absolute atomic E-state index is 12.6. The molecule has 0 aliphatic heterocycles. The largest absolute Gasteiger partial charge is 0.497 e. The first-order chi connectivity index (χ1) is 10.9. The standard InChI is InChI=1S/C17H21NO4S/c1-12-9-16(22-4)10-13(2)17(12)23(19,20)18-11-14-5-7-15(21-3)8-6-14/h5-10,18H,11H2,1-4H3. The second kappa shape index (κ2) is 7.02. The molecule has 2 aromatic rings. The van der Waals surface area contributed by atoms with E-state index in [9.17, 15) is 8.42 Å². The van der Waals surface area contributed by atoms with Crippen LogP contribution in [0.4, 0.5) is 0 Å². The maximum Gasteiger partial charge on any atom is 0.241 e. The summed E-state index contributed by atoms with van der Waals surface area (Å²) in [4.78, 5) is 0.298. The Morgan fingerprint density at radius 3 is 1.91 bits per heavy atom. The van der Waals surface area contributed by atoms with Gasteiger partial charge in [-0.2, -0.15) is 0 Å². The summed E-state index contributed by atoms with van der Waals surface area (Å²) in [7, 11) is -0.447. The fourth-order valence-electron chi connectivity index (χ4n) is 2.45. The lowest BCUT2D eigenvalue weighted by Gasteiger charge is -2.14. The van der Waals surface area contributed by atoms with Crippen molar-refractivity contribution in [2.24, 2.45) is 0 Å². The van der Waals surface area contributed by atoms with Gasteiger partial charge in [-0.15, -0.1) is 0 Å². The molecule has 0 fully saturated rings. The van der Waals surface area contributed by atoms with E-state index in [0.29, 0.717) is 21.8 Å². The first-order valence-electron chi connectivity index (χ1n) is 7.15. The molecule has 0 aliphatic carbocycles. The van der Waals surface area contributed by atoms with E-state index in [1.165, 1.54) is 0 Å². The molecule has 124 valence electrons. The van der Waals surface area contributed by atoms with Crippen LogP contribution >= 0.6 is 0 Å². The Balaban J connectivity index is 2.21. The van der Waals surface area contributed by atoms with E-state index in [4.69, 9.17) is 9.47 Å². The lowest BCUT2D eigenvalue weighted by molar-refractivity contribution is 0.413. The number of rotatable bonds is 6. The Hall–Kier alpha value is -2.05. The van der Waals surface area contributed by atoms with E-state index in [2.05, 4.69) is 4.72 Å². The zero-order chi connectivity index (χ0) is 17.0. The van der Waals surface area contributed by atoms with Crippen LogP contribution < -0.4 is 14.2 Å². The maximum atomic E-state index is 12.6. The average molecular weight is 335 g/mol. The van der Waals surface area contributed by atoms with Crippen molar-refractivity contribution in [1.29, 1.82) is 0 Å². The van der Waals surface area contributed by atoms with Crippen LogP contribution in [0.1, 0.15) is 16.7 Å². The molecule has 2 rings (SSSR count). The monoisotopic (exact) mass is 335 g/mol. The fourth-order valence-corrected chi connectivity index (χ4v) is 3.91. The first kappa shape index (κ1) is 17.3. The van der Waals surface area contributed by atoms with Gasteiger partial charge in [0.15, 0.2) is 0 Å². The van der Waals surface area contributed by atoms with Gasteiger partial charge in [0.2, 0.25) is 10.0 Å². The summed E-state index contributed by atoms with van der Waals surface area (Å²) in [5.74, 6) is 1.38. The van der Waals surface area contributed by atoms with Crippen molar-refractivity contribution in [2.75, 3.05) is 14.2 Å². The van der Waals surface area contributed by atoms with Crippen molar-refractivity contribution >= 4 is 10.0 Å². The van der Waals surface area contributed by atoms with Gasteiger partial charge in [-0.25, -0.2) is 13.1 Å². The lowest BCUT2D eigenvalue weighted by Crippen LogP contribution is -2.24. The molecule has 0 bridgehead atoms. The Morgan fingerprint density at radius 1 is 0.913 bits per heavy atom. The molecule has 0 atom stereocenters. The number of nitrogens with one attached hydrogen (secondary N) is 1. The van der Waals surface area contributed by atoms with Gasteiger partial charge in [0.1, 0.15) is 11.5 Å². The molecule has 0 spiro atoms. The van der Waals surface area contributed by atoms with Crippen LogP contribution in [-0.4, -0.2) is 22.6 Å². The van der Waals surface area contributed by atoms with E-state index >= 15 is 0 Å². The topological polar surface area (TPSA) is 64.6 Å². The molecular formula is C17H21NO4S. The van der Waals surface area contributed by atoms with Crippen LogP contribution in [0.2, 0.25) is 0 Å². The van der Waals surface area contributed by atoms with E-state index < -0.39 is 10.0 Å². The first-order valence-corrected chi connectivity index (χ1v) is 8.63. The molecular weight excluding hydrogens is 314 g/mol. The van der Waals surface area contributed by atoms with Crippen LogP contribution in [-0.2, 0) is 16.6 Å². The van der Waals surface area contributed by atoms with E-state index in [-0.39, 0.29) is 6.54 Å². The summed E-state index contributed by atoms with van der Waals surface area (Å²) in [6.45, 7) is 3.74. The van der Waals surface area contributed by atoms with Gasteiger partial charge in [-0.05, 0) is 54.8 Å². The van der Waals surface area contributed by atoms with Crippen LogP contribution in [0.3, 0.4) is 0 Å². The summed E-state index contributed by atoms with van der Waals surface area (Å²) < 4.78 is 38.1. The molecule has 23 heavy (non-hydrogen) atoms. The number of ether oxygens (including phenoxy) is 2. The normalized spacial score (nSPS) is 11.3. The molecule has 0 saturated heterocycles. The molecule has 1 N–H and O–H groups in total. The number of sulfonamides is 1. The van der Waals surface area contributed by atoms with Crippen LogP contribution in [0.25, 0.3) is 0 Å². The Bertz CT molecular complexity index is 760. The third kappa shape index (κ3) is 4.03. The number of methoxy groups -OCH3 is 2. The molecule has 0 aliphatic rings. The minimum Gasteiger partial charge on any atom is -0.497 e. The number of benzene rings is 2. The van der Waals surface area contributed by atoms with Crippen molar-refractivity contribution in [2.45, 2.75) is 25.3 Å². The highest BCUT2D eigenvalue weighted by Gasteiger charge is 2.20. The summed E-state index contributed by atoms with van der Waals surface area (Å²) in [5, 5.41) is 0. The van der Waals surface area contributed by atoms with Gasteiger partial charge in [0.25, 0.3) is 0 Å². The van der Waals surface area contributed by atoms with Gasteiger partial charge >= 0.3 is 0 Å². The van der Waals surface area contributed by atoms with Crippen molar-refractivity contribution < 1.29 is 17.9 Å². The quantitative estimate of drug-likeness (QED) is 0.882. The summed E-state index contributed by atoms with van der Waals surface area (Å²) in [6.07, 6.45) is 0. The number of hydrogen-bond acceptors (Lipinski definition) is 4. The second-order valence-electron chi connectivity index (χ2n) is 5.26. The van der Waals surface area contributed by atoms with Crippen LogP contribution in [0, 0.1) is 13.8 Å². The molecule has 5 nitrogen and oxygen atoms in total. The van der Waals surface area contributed by atoms with Gasteiger partial charge in [-0.3, -0.25) is 0 Å². The second-order valence-corrected chi connectivity index (χ2v) is 6.97. The number of hydrogen-bond donors (Lipinski definition) is 1. The minimum absolute atomic E-state index is 0.219. The Kier molecular flexibility index (Phi) is 5.28. The van der Waals surface area contributed by atoms with Crippen molar-refractivity contribution in [1.82, 2.24) is 4.72 Å². The highest BCUT2D eigenvalue weighted by molar-refractivity contribution is 7.89. The number of aryl methyl sites for hydroxylation is 2. The van der Waals surface area contributed by atoms with Gasteiger partial charge < -0.3 is 9.47 Å². The molecule has 2 aromatic carbocycles. The predicted octanol–water partition coefficient (Wildman–Crippen LogP) is 2.80. The third-order valence-corrected chi connectivity index (χ3v) is 5.27. The van der Waals surface area contributed by atoms with E-state index in [1.54, 1.807) is 52.3 Å². The van der Waals surface area contributed by atoms with Crippen LogP contribution in [0.15, 0.2) is 41.3 Å². The van der Waals surface area contributed by atoms with Crippen LogP contribution in [0.5, 0.6) is 11.5 Å². The smallest absolute Gasteiger partial charge is 0.241 e. The third-order valence-electron chi connectivity index (χ3n) is 3.56. The molecule has 0 aromatic heterocycles. The van der Waals surface area contributed by atoms with Crippen molar-refractivity contribution in [3.8, 4) is 11.5 Å². The zero-order valence-electron chi connectivity index (χ0n) is 13.7. The molecule has 0 unspecified atom stereocenters. The Labute approximate surface area is 137 Å². The van der Waals surface area contributed by atoms with E-state index in [0.717, 1.165) is 11.3 Å².